The third-order valence-electron chi connectivity index (χ3n) is 3.12. The molecule has 0 saturated heterocycles. The zero-order valence-electron chi connectivity index (χ0n) is 11.9. The third-order valence-corrected chi connectivity index (χ3v) is 3.55. The van der Waals surface area contributed by atoms with Crippen LogP contribution in [0.5, 0.6) is 0 Å². The first-order valence-corrected chi connectivity index (χ1v) is 7.65. The van der Waals surface area contributed by atoms with Gasteiger partial charge in [-0.15, -0.1) is 0 Å². The summed E-state index contributed by atoms with van der Waals surface area (Å²) in [5, 5.41) is 6.84. The lowest BCUT2D eigenvalue weighted by Crippen LogP contribution is -2.16. The number of carbonyl (C=O) groups excluding carboxylic acids is 1. The molecule has 0 aliphatic heterocycles. The van der Waals surface area contributed by atoms with Crippen LogP contribution >= 0.6 is 23.2 Å². The Bertz CT molecular complexity index is 711. The molecular weight excluding hydrogens is 323 g/mol. The number of anilines is 2. The highest BCUT2D eigenvalue weighted by molar-refractivity contribution is 6.35. The van der Waals surface area contributed by atoms with Crippen molar-refractivity contribution in [2.75, 3.05) is 10.6 Å². The van der Waals surface area contributed by atoms with E-state index in [0.29, 0.717) is 33.4 Å². The lowest BCUT2D eigenvalue weighted by Gasteiger charge is -2.09. The quantitative estimate of drug-likeness (QED) is 0.887. The van der Waals surface area contributed by atoms with Gasteiger partial charge in [0.2, 0.25) is 5.95 Å². The van der Waals surface area contributed by atoms with Gasteiger partial charge in [0.1, 0.15) is 5.69 Å². The summed E-state index contributed by atoms with van der Waals surface area (Å²) in [7, 11) is 0. The van der Waals surface area contributed by atoms with E-state index in [0.717, 1.165) is 18.5 Å². The Morgan fingerprint density at radius 2 is 1.82 bits per heavy atom. The number of benzene rings is 1. The SMILES string of the molecule is Cc1cc(C(=O)Nc2cc(Cl)cc(Cl)c2)nc(NC2CC2)n1. The predicted molar refractivity (Wildman–Crippen MR) is 87.8 cm³/mol. The van der Waals surface area contributed by atoms with Crippen LogP contribution in [0.2, 0.25) is 10.0 Å². The molecule has 0 unspecified atom stereocenters. The van der Waals surface area contributed by atoms with Gasteiger partial charge in [-0.25, -0.2) is 9.97 Å². The van der Waals surface area contributed by atoms with E-state index in [4.69, 9.17) is 23.2 Å². The number of nitrogens with zero attached hydrogens (tertiary/aromatic N) is 2. The van der Waals surface area contributed by atoms with Gasteiger partial charge >= 0.3 is 0 Å². The van der Waals surface area contributed by atoms with Gasteiger partial charge in [0.15, 0.2) is 0 Å². The molecule has 7 heteroatoms. The van der Waals surface area contributed by atoms with Crippen molar-refractivity contribution in [1.82, 2.24) is 9.97 Å². The monoisotopic (exact) mass is 336 g/mol. The average molecular weight is 337 g/mol. The molecule has 0 atom stereocenters. The maximum atomic E-state index is 12.3. The van der Waals surface area contributed by atoms with Gasteiger partial charge in [0.05, 0.1) is 0 Å². The minimum Gasteiger partial charge on any atom is -0.351 e. The molecule has 1 aromatic carbocycles. The van der Waals surface area contributed by atoms with E-state index < -0.39 is 0 Å². The molecule has 1 aliphatic carbocycles. The van der Waals surface area contributed by atoms with E-state index in [9.17, 15) is 4.79 Å². The van der Waals surface area contributed by atoms with Crippen molar-refractivity contribution in [2.24, 2.45) is 0 Å². The number of hydrogen-bond acceptors (Lipinski definition) is 4. The zero-order chi connectivity index (χ0) is 15.7. The van der Waals surface area contributed by atoms with Crippen LogP contribution in [0, 0.1) is 6.92 Å². The van der Waals surface area contributed by atoms with Crippen molar-refractivity contribution in [3.8, 4) is 0 Å². The van der Waals surface area contributed by atoms with Crippen LogP contribution in [-0.4, -0.2) is 21.9 Å². The van der Waals surface area contributed by atoms with Crippen molar-refractivity contribution in [2.45, 2.75) is 25.8 Å². The van der Waals surface area contributed by atoms with E-state index in [1.807, 2.05) is 6.92 Å². The summed E-state index contributed by atoms with van der Waals surface area (Å²) < 4.78 is 0. The smallest absolute Gasteiger partial charge is 0.274 e. The topological polar surface area (TPSA) is 66.9 Å². The van der Waals surface area contributed by atoms with Crippen LogP contribution < -0.4 is 10.6 Å². The van der Waals surface area contributed by atoms with E-state index in [-0.39, 0.29) is 5.91 Å². The van der Waals surface area contributed by atoms with E-state index in [1.54, 1.807) is 24.3 Å². The molecular formula is C15H14Cl2N4O. The van der Waals surface area contributed by atoms with Crippen LogP contribution in [0.25, 0.3) is 0 Å². The number of hydrogen-bond donors (Lipinski definition) is 2. The second-order valence-electron chi connectivity index (χ2n) is 5.25. The lowest BCUT2D eigenvalue weighted by molar-refractivity contribution is 0.102. The lowest BCUT2D eigenvalue weighted by atomic mass is 10.3. The Labute approximate surface area is 138 Å². The molecule has 2 aromatic rings. The molecule has 114 valence electrons. The summed E-state index contributed by atoms with van der Waals surface area (Å²) in [5.74, 6) is 0.152. The molecule has 0 spiro atoms. The van der Waals surface area contributed by atoms with E-state index in [2.05, 4.69) is 20.6 Å². The number of rotatable bonds is 4. The summed E-state index contributed by atoms with van der Waals surface area (Å²) in [6, 6.07) is 6.92. The minimum atomic E-state index is -0.331. The number of carbonyl (C=O) groups is 1. The predicted octanol–water partition coefficient (Wildman–Crippen LogP) is 3.92. The summed E-state index contributed by atoms with van der Waals surface area (Å²) in [6.45, 7) is 1.83. The maximum absolute atomic E-state index is 12.3. The summed E-state index contributed by atoms with van der Waals surface area (Å²) in [6.07, 6.45) is 2.22. The van der Waals surface area contributed by atoms with Gasteiger partial charge in [-0.2, -0.15) is 0 Å². The van der Waals surface area contributed by atoms with Gasteiger partial charge in [-0.05, 0) is 44.0 Å². The van der Waals surface area contributed by atoms with Crippen LogP contribution in [0.1, 0.15) is 29.0 Å². The van der Waals surface area contributed by atoms with Crippen LogP contribution in [0.4, 0.5) is 11.6 Å². The summed E-state index contributed by atoms with van der Waals surface area (Å²) in [4.78, 5) is 20.9. The molecule has 1 aliphatic rings. The normalized spacial score (nSPS) is 13.8. The molecule has 1 amide bonds. The van der Waals surface area contributed by atoms with Crippen LogP contribution in [0.3, 0.4) is 0 Å². The van der Waals surface area contributed by atoms with Gasteiger partial charge in [-0.1, -0.05) is 23.2 Å². The first-order chi connectivity index (χ1) is 10.5. The van der Waals surface area contributed by atoms with Crippen molar-refractivity contribution in [3.63, 3.8) is 0 Å². The fraction of sp³-hybridized carbons (Fsp3) is 0.267. The van der Waals surface area contributed by atoms with Gasteiger partial charge in [0, 0.05) is 27.5 Å². The highest BCUT2D eigenvalue weighted by Crippen LogP contribution is 2.24. The minimum absolute atomic E-state index is 0.298. The second kappa shape index (κ2) is 6.10. The number of halogens is 2. The number of nitrogens with one attached hydrogen (secondary N) is 2. The first-order valence-electron chi connectivity index (χ1n) is 6.89. The van der Waals surface area contributed by atoms with Crippen molar-refractivity contribution < 1.29 is 4.79 Å². The Kier molecular flexibility index (Phi) is 4.18. The molecule has 3 rings (SSSR count). The number of aromatic nitrogens is 2. The molecule has 1 fully saturated rings. The molecule has 1 saturated carbocycles. The van der Waals surface area contributed by atoms with Gasteiger partial charge in [-0.3, -0.25) is 4.79 Å². The summed E-state index contributed by atoms with van der Waals surface area (Å²) in [5.41, 5.74) is 1.55. The van der Waals surface area contributed by atoms with Crippen molar-refractivity contribution >= 4 is 40.7 Å². The second-order valence-corrected chi connectivity index (χ2v) is 6.12. The van der Waals surface area contributed by atoms with Crippen molar-refractivity contribution in [1.29, 1.82) is 0 Å². The Morgan fingerprint density at radius 1 is 1.14 bits per heavy atom. The zero-order valence-corrected chi connectivity index (χ0v) is 13.4. The Balaban J connectivity index is 1.80. The summed E-state index contributed by atoms with van der Waals surface area (Å²) >= 11 is 11.8. The highest BCUT2D eigenvalue weighted by Gasteiger charge is 2.22. The van der Waals surface area contributed by atoms with Gasteiger partial charge in [0.25, 0.3) is 5.91 Å². The molecule has 0 radical (unpaired) electrons. The molecule has 0 bridgehead atoms. The fourth-order valence-electron chi connectivity index (χ4n) is 1.98. The number of aryl methyl sites for hydroxylation is 1. The van der Waals surface area contributed by atoms with Gasteiger partial charge < -0.3 is 10.6 Å². The van der Waals surface area contributed by atoms with Crippen LogP contribution in [-0.2, 0) is 0 Å². The molecule has 2 N–H and O–H groups in total. The highest BCUT2D eigenvalue weighted by atomic mass is 35.5. The first kappa shape index (κ1) is 15.1. The largest absolute Gasteiger partial charge is 0.351 e. The average Bonchev–Trinajstić information content (AvgIpc) is 3.20. The van der Waals surface area contributed by atoms with E-state index >= 15 is 0 Å². The Morgan fingerprint density at radius 3 is 2.45 bits per heavy atom. The van der Waals surface area contributed by atoms with Crippen molar-refractivity contribution in [3.05, 3.63) is 45.7 Å². The molecule has 5 nitrogen and oxygen atoms in total. The molecule has 1 aromatic heterocycles. The van der Waals surface area contributed by atoms with Crippen LogP contribution in [0.15, 0.2) is 24.3 Å². The molecule has 22 heavy (non-hydrogen) atoms. The third kappa shape index (κ3) is 3.87. The molecule has 1 heterocycles. The fourth-order valence-corrected chi connectivity index (χ4v) is 2.51. The van der Waals surface area contributed by atoms with E-state index in [1.165, 1.54) is 0 Å². The standard InChI is InChI=1S/C15H14Cl2N4O/c1-8-4-13(21-15(18-8)20-11-2-3-11)14(22)19-12-6-9(16)5-10(17)7-12/h4-7,11H,2-3H2,1H3,(H,19,22)(H,18,20,21). The number of amides is 1. The Hall–Kier alpha value is -1.85. The maximum Gasteiger partial charge on any atom is 0.274 e.